The van der Waals surface area contributed by atoms with Crippen LogP contribution in [0.25, 0.3) is 11.0 Å². The van der Waals surface area contributed by atoms with Crippen molar-refractivity contribution in [3.8, 4) is 0 Å². The van der Waals surface area contributed by atoms with Gasteiger partial charge in [-0.05, 0) is 48.9 Å². The highest BCUT2D eigenvalue weighted by atomic mass is 35.5. The molecule has 10 heteroatoms. The zero-order valence-electron chi connectivity index (χ0n) is 16.4. The van der Waals surface area contributed by atoms with Crippen LogP contribution >= 0.6 is 23.2 Å². The average Bonchev–Trinajstić information content (AvgIpc) is 3.20. The number of ketones is 1. The van der Waals surface area contributed by atoms with Crippen LogP contribution in [-0.2, 0) is 10.0 Å². The summed E-state index contributed by atoms with van der Waals surface area (Å²) in [5, 5.41) is 0.877. The van der Waals surface area contributed by atoms with Gasteiger partial charge in [-0.3, -0.25) is 9.52 Å². The van der Waals surface area contributed by atoms with Gasteiger partial charge in [0.2, 0.25) is 5.78 Å². The van der Waals surface area contributed by atoms with Crippen molar-refractivity contribution in [3.63, 3.8) is 0 Å². The zero-order valence-corrected chi connectivity index (χ0v) is 17.7. The maximum absolute atomic E-state index is 13.2. The lowest BCUT2D eigenvalue weighted by atomic mass is 10.0. The van der Waals surface area contributed by atoms with Gasteiger partial charge >= 0.3 is 0 Å². The number of anilines is 1. The molecule has 0 fully saturated rings. The Bertz CT molecular complexity index is 1430. The van der Waals surface area contributed by atoms with E-state index in [1.165, 1.54) is 30.6 Å². The smallest absolute Gasteiger partial charge is 0.261 e. The molecule has 0 amide bonds. The monoisotopic (exact) mass is 461 g/mol. The first-order chi connectivity index (χ1) is 14.7. The number of fused-ring (bicyclic) bond motifs is 1. The predicted molar refractivity (Wildman–Crippen MR) is 116 cm³/mol. The third-order valence-corrected chi connectivity index (χ3v) is 6.33. The van der Waals surface area contributed by atoms with Crippen molar-refractivity contribution in [1.29, 1.82) is 0 Å². The Labute approximate surface area is 183 Å². The number of carbonyl (C=O) groups excluding carboxylic acids is 1. The SMILES string of the molecule is [2H]c1cc(S(=O)(=O)Nc2cc(Cl)cnc2C(=O)c2ccnc3[nH]ccc23)cc(C)c1Cl. The summed E-state index contributed by atoms with van der Waals surface area (Å²) in [5.41, 5.74) is 1.04. The summed E-state index contributed by atoms with van der Waals surface area (Å²) in [4.78, 5) is 24.2. The molecule has 0 aliphatic heterocycles. The van der Waals surface area contributed by atoms with Gasteiger partial charge in [-0.25, -0.2) is 18.4 Å². The van der Waals surface area contributed by atoms with Crippen LogP contribution in [0.2, 0.25) is 10.0 Å². The van der Waals surface area contributed by atoms with Crippen LogP contribution in [0.5, 0.6) is 0 Å². The summed E-state index contributed by atoms with van der Waals surface area (Å²) in [6.45, 7) is 1.60. The summed E-state index contributed by atoms with van der Waals surface area (Å²) in [6.07, 6.45) is 4.38. The Kier molecular flexibility index (Phi) is 4.90. The largest absolute Gasteiger partial charge is 0.346 e. The Morgan fingerprint density at radius 1 is 1.20 bits per heavy atom. The maximum Gasteiger partial charge on any atom is 0.261 e. The number of hydrogen-bond acceptors (Lipinski definition) is 5. The normalized spacial score (nSPS) is 12.0. The molecule has 1 aromatic carbocycles. The van der Waals surface area contributed by atoms with E-state index in [0.29, 0.717) is 22.2 Å². The van der Waals surface area contributed by atoms with Crippen LogP contribution in [-0.4, -0.2) is 29.2 Å². The Morgan fingerprint density at radius 2 is 2.00 bits per heavy atom. The fraction of sp³-hybridized carbons (Fsp3) is 0.0500. The Hall–Kier alpha value is -2.94. The fourth-order valence-electron chi connectivity index (χ4n) is 2.91. The van der Waals surface area contributed by atoms with E-state index in [4.69, 9.17) is 24.6 Å². The van der Waals surface area contributed by atoms with Gasteiger partial charge in [0.1, 0.15) is 11.3 Å². The number of carbonyl (C=O) groups is 1. The summed E-state index contributed by atoms with van der Waals surface area (Å²) in [6, 6.07) is 6.87. The molecular formula is C20H14Cl2N4O3S. The van der Waals surface area contributed by atoms with E-state index in [-0.39, 0.29) is 32.4 Å². The highest BCUT2D eigenvalue weighted by molar-refractivity contribution is 7.92. The van der Waals surface area contributed by atoms with Crippen LogP contribution in [0.3, 0.4) is 0 Å². The molecule has 0 saturated heterocycles. The molecule has 30 heavy (non-hydrogen) atoms. The number of rotatable bonds is 5. The van der Waals surface area contributed by atoms with E-state index in [0.717, 1.165) is 6.07 Å². The second kappa shape index (κ2) is 7.71. The summed E-state index contributed by atoms with van der Waals surface area (Å²) in [7, 11) is -4.16. The van der Waals surface area contributed by atoms with Crippen molar-refractivity contribution in [1.82, 2.24) is 15.0 Å². The van der Waals surface area contributed by atoms with Gasteiger partial charge in [-0.2, -0.15) is 0 Å². The first kappa shape index (κ1) is 19.0. The second-order valence-corrected chi connectivity index (χ2v) is 8.91. The number of H-pyrrole nitrogens is 1. The van der Waals surface area contributed by atoms with Crippen molar-refractivity contribution in [2.75, 3.05) is 4.72 Å². The van der Waals surface area contributed by atoms with Crippen LogP contribution in [0.1, 0.15) is 23.0 Å². The molecule has 3 heterocycles. The molecule has 0 unspecified atom stereocenters. The summed E-state index contributed by atoms with van der Waals surface area (Å²) < 4.78 is 36.2. The molecule has 4 rings (SSSR count). The second-order valence-electron chi connectivity index (χ2n) is 6.42. The number of pyridine rings is 2. The van der Waals surface area contributed by atoms with Crippen LogP contribution in [0.15, 0.2) is 59.9 Å². The number of aryl methyl sites for hydroxylation is 1. The molecule has 7 nitrogen and oxygen atoms in total. The molecule has 0 aliphatic carbocycles. The van der Waals surface area contributed by atoms with Gasteiger partial charge in [0, 0.05) is 34.6 Å². The van der Waals surface area contributed by atoms with E-state index in [9.17, 15) is 13.2 Å². The predicted octanol–water partition coefficient (Wildman–Crippen LogP) is 4.60. The van der Waals surface area contributed by atoms with E-state index in [1.54, 1.807) is 19.2 Å². The van der Waals surface area contributed by atoms with Crippen molar-refractivity contribution >= 4 is 55.7 Å². The zero-order chi connectivity index (χ0) is 22.3. The van der Waals surface area contributed by atoms with E-state index >= 15 is 0 Å². The average molecular weight is 462 g/mol. The molecule has 3 aromatic heterocycles. The first-order valence-electron chi connectivity index (χ1n) is 9.09. The molecule has 0 atom stereocenters. The highest BCUT2D eigenvalue weighted by Gasteiger charge is 2.23. The van der Waals surface area contributed by atoms with Crippen molar-refractivity contribution in [3.05, 3.63) is 81.8 Å². The molecule has 0 bridgehead atoms. The number of benzene rings is 1. The third kappa shape index (κ3) is 3.77. The first-order valence-corrected chi connectivity index (χ1v) is 10.8. The number of nitrogens with zero attached hydrogens (tertiary/aromatic N) is 2. The van der Waals surface area contributed by atoms with Gasteiger partial charge in [-0.1, -0.05) is 23.2 Å². The van der Waals surface area contributed by atoms with Crippen LogP contribution < -0.4 is 4.72 Å². The molecule has 4 aromatic rings. The molecule has 152 valence electrons. The number of sulfonamides is 1. The van der Waals surface area contributed by atoms with E-state index in [2.05, 4.69) is 19.7 Å². The van der Waals surface area contributed by atoms with Crippen molar-refractivity contribution < 1.29 is 14.6 Å². The number of nitrogens with one attached hydrogen (secondary N) is 2. The van der Waals surface area contributed by atoms with Gasteiger partial charge in [0.25, 0.3) is 10.0 Å². The molecule has 2 N–H and O–H groups in total. The minimum Gasteiger partial charge on any atom is -0.346 e. The standard InChI is InChI=1S/C20H14Cl2N4O3S/c1-11-8-13(2-3-16(11)22)30(28,29)26-17-9-12(21)10-25-18(17)19(27)14-4-6-23-20-15(14)5-7-24-20/h2-10,26H,1H3,(H,23,24)/i3D. The molecular weight excluding hydrogens is 447 g/mol. The van der Waals surface area contributed by atoms with Crippen LogP contribution in [0.4, 0.5) is 5.69 Å². The van der Waals surface area contributed by atoms with E-state index in [1.807, 2.05) is 0 Å². The Balaban J connectivity index is 1.79. The minimum absolute atomic E-state index is 0.0860. The number of hydrogen-bond donors (Lipinski definition) is 2. The summed E-state index contributed by atoms with van der Waals surface area (Å²) in [5.74, 6) is -0.505. The van der Waals surface area contributed by atoms with Gasteiger partial charge in [0.15, 0.2) is 0 Å². The molecule has 0 radical (unpaired) electrons. The number of aromatic nitrogens is 3. The van der Waals surface area contributed by atoms with E-state index < -0.39 is 15.8 Å². The Morgan fingerprint density at radius 3 is 2.77 bits per heavy atom. The van der Waals surface area contributed by atoms with Crippen molar-refractivity contribution in [2.45, 2.75) is 11.8 Å². The molecule has 0 spiro atoms. The fourth-order valence-corrected chi connectivity index (χ4v) is 4.29. The maximum atomic E-state index is 13.2. The third-order valence-electron chi connectivity index (χ3n) is 4.37. The summed E-state index contributed by atoms with van der Waals surface area (Å²) >= 11 is 12.0. The molecule has 0 saturated carbocycles. The van der Waals surface area contributed by atoms with Crippen molar-refractivity contribution in [2.24, 2.45) is 0 Å². The minimum atomic E-state index is -4.16. The molecule has 0 aliphatic rings. The number of halogens is 2. The lowest BCUT2D eigenvalue weighted by molar-refractivity contribution is 0.103. The van der Waals surface area contributed by atoms with Gasteiger partial charge in [0.05, 0.1) is 17.0 Å². The van der Waals surface area contributed by atoms with Crippen LogP contribution in [0, 0.1) is 6.92 Å². The number of aromatic amines is 1. The highest BCUT2D eigenvalue weighted by Crippen LogP contribution is 2.27. The quantitative estimate of drug-likeness (QED) is 0.422. The topological polar surface area (TPSA) is 105 Å². The lowest BCUT2D eigenvalue weighted by Gasteiger charge is -2.13. The van der Waals surface area contributed by atoms with Gasteiger partial charge in [-0.15, -0.1) is 0 Å². The lowest BCUT2D eigenvalue weighted by Crippen LogP contribution is -2.17. The van der Waals surface area contributed by atoms with Gasteiger partial charge < -0.3 is 4.98 Å².